The highest BCUT2D eigenvalue weighted by atomic mass is 35.5. The monoisotopic (exact) mass is 962 g/mol. The molecular weight excluding hydrogens is 896 g/mol. The van der Waals surface area contributed by atoms with Crippen LogP contribution in [-0.2, 0) is 46.3 Å². The van der Waals surface area contributed by atoms with Crippen LogP contribution in [0.5, 0.6) is 0 Å². The van der Waals surface area contributed by atoms with Gasteiger partial charge in [-0.25, -0.2) is 0 Å². The molecule has 1 unspecified atom stereocenters. The number of nitrogens with one attached hydrogen (secondary N) is 6. The smallest absolute Gasteiger partial charge is 0.248 e. The van der Waals surface area contributed by atoms with Crippen LogP contribution in [0.2, 0.25) is 0 Å². The highest BCUT2D eigenvalue weighted by molar-refractivity contribution is 5.95. The minimum atomic E-state index is -1.10. The summed E-state index contributed by atoms with van der Waals surface area (Å²) in [7, 11) is 3.30. The van der Waals surface area contributed by atoms with E-state index in [1.807, 2.05) is 36.4 Å². The molecule has 2 fully saturated rings. The molecule has 2 aromatic carbocycles. The Balaban J connectivity index is 0.00000490. The van der Waals surface area contributed by atoms with Gasteiger partial charge in [0.05, 0.1) is 30.3 Å². The minimum Gasteiger partial charge on any atom is -0.363 e. The maximum absolute atomic E-state index is 14.2. The number of hydrogen-bond donors (Lipinski definition) is 6. The molecule has 67 heavy (non-hydrogen) atoms. The largest absolute Gasteiger partial charge is 0.363 e. The molecule has 0 aromatic heterocycles. The first-order chi connectivity index (χ1) is 31.4. The van der Waals surface area contributed by atoms with Crippen molar-refractivity contribution in [3.63, 3.8) is 0 Å². The lowest BCUT2D eigenvalue weighted by Gasteiger charge is -2.33. The van der Waals surface area contributed by atoms with Crippen molar-refractivity contribution in [2.45, 2.75) is 146 Å². The van der Waals surface area contributed by atoms with E-state index >= 15 is 0 Å². The molecule has 4 aliphatic rings. The molecule has 15 nitrogen and oxygen atoms in total. The molecule has 6 rings (SSSR count). The van der Waals surface area contributed by atoms with Crippen LogP contribution in [0.4, 0.5) is 0 Å². The molecule has 6 N–H and O–H groups in total. The van der Waals surface area contributed by atoms with Crippen LogP contribution >= 0.6 is 24.8 Å². The highest BCUT2D eigenvalue weighted by Crippen LogP contribution is 2.32. The second kappa shape index (κ2) is 26.4. The molecule has 364 valence electrons. The van der Waals surface area contributed by atoms with Crippen molar-refractivity contribution >= 4 is 60.3 Å². The Bertz CT molecular complexity index is 2190. The highest BCUT2D eigenvalue weighted by Gasteiger charge is 2.42. The van der Waals surface area contributed by atoms with E-state index in [1.165, 1.54) is 11.1 Å². The summed E-state index contributed by atoms with van der Waals surface area (Å²) in [6.07, 6.45) is 6.97. The summed E-state index contributed by atoms with van der Waals surface area (Å²) in [5.41, 5.74) is 4.68. The molecule has 2 aliphatic carbocycles. The Morgan fingerprint density at radius 2 is 1.12 bits per heavy atom. The lowest BCUT2D eigenvalue weighted by atomic mass is 9.87. The quantitative estimate of drug-likeness (QED) is 0.137. The minimum absolute atomic E-state index is 0. The zero-order valence-corrected chi connectivity index (χ0v) is 40.9. The number of hydrogen-bond acceptors (Lipinski definition) is 9. The van der Waals surface area contributed by atoms with E-state index in [2.05, 4.69) is 67.7 Å². The fourth-order valence-corrected chi connectivity index (χ4v) is 9.29. The van der Waals surface area contributed by atoms with E-state index in [-0.39, 0.29) is 73.6 Å². The van der Waals surface area contributed by atoms with Crippen molar-refractivity contribution in [1.82, 2.24) is 41.7 Å². The summed E-state index contributed by atoms with van der Waals surface area (Å²) in [4.78, 5) is 85.1. The molecule has 0 saturated carbocycles. The van der Waals surface area contributed by atoms with Gasteiger partial charge in [0.15, 0.2) is 0 Å². The van der Waals surface area contributed by atoms with Crippen LogP contribution in [0.3, 0.4) is 0 Å². The second-order valence-corrected chi connectivity index (χ2v) is 17.6. The number of rotatable bonds is 16. The molecule has 2 saturated heterocycles. The van der Waals surface area contributed by atoms with Gasteiger partial charge in [0, 0.05) is 19.5 Å². The predicted molar refractivity (Wildman–Crippen MR) is 261 cm³/mol. The summed E-state index contributed by atoms with van der Waals surface area (Å²) in [6.45, 7) is 5.67. The molecule has 17 heteroatoms. The van der Waals surface area contributed by atoms with E-state index in [1.54, 1.807) is 44.7 Å². The third-order valence-electron chi connectivity index (χ3n) is 13.3. The van der Waals surface area contributed by atoms with Crippen LogP contribution in [0.15, 0.2) is 48.5 Å². The van der Waals surface area contributed by atoms with Crippen molar-refractivity contribution in [3.05, 3.63) is 70.8 Å². The second-order valence-electron chi connectivity index (χ2n) is 17.6. The first kappa shape index (κ1) is 54.4. The van der Waals surface area contributed by atoms with Crippen molar-refractivity contribution < 1.29 is 33.5 Å². The number of nitrogens with zero attached hydrogens (tertiary/aromatic N) is 2. The first-order valence-electron chi connectivity index (χ1n) is 23.3. The van der Waals surface area contributed by atoms with Gasteiger partial charge in [-0.1, -0.05) is 60.4 Å². The number of benzene rings is 2. The molecule has 0 spiro atoms. The van der Waals surface area contributed by atoms with E-state index < -0.39 is 54.2 Å². The molecule has 2 aromatic rings. The molecule has 0 radical (unpaired) electrons. The Kier molecular flexibility index (Phi) is 21.5. The standard InChI is InChI=1S/C50H66N8O7.2ClH/c1-32(51-4)45(59)55-41(49(63)57-29-16-27-42(57)47(61)53-39-25-14-20-35-18-9-11-22-37(35)39)24-8-6-7-13-31-65-34(3)44(56-46(60)33(2)52-5)50(64)58-30-17-28-43(58)48(62)54-40-26-15-21-36-19-10-12-23-38(36)40;;/h9-12,18-19,22-23,32-34,39-44,51-52H,14-17,20-21,24-31H2,1-5H3,(H,53,61)(H,54,62)(H,55,59)(H,56,60);2*1H/t32-,33-,34+,39-,40?,41-,42-,43-,44-;;/m0../s1. The summed E-state index contributed by atoms with van der Waals surface area (Å²) in [5, 5.41) is 17.9. The lowest BCUT2D eigenvalue weighted by molar-refractivity contribution is -0.145. The Labute approximate surface area is 408 Å². The number of fused-ring (bicyclic) bond motifs is 2. The van der Waals surface area contributed by atoms with Crippen molar-refractivity contribution in [2.24, 2.45) is 0 Å². The zero-order chi connectivity index (χ0) is 46.5. The van der Waals surface area contributed by atoms with Gasteiger partial charge in [-0.05, 0) is 133 Å². The van der Waals surface area contributed by atoms with Gasteiger partial charge >= 0.3 is 0 Å². The fraction of sp³-hybridized carbons (Fsp3) is 0.560. The molecule has 0 bridgehead atoms. The van der Waals surface area contributed by atoms with Gasteiger partial charge in [-0.15, -0.1) is 24.8 Å². The average molecular weight is 964 g/mol. The maximum Gasteiger partial charge on any atom is 0.248 e. The number of aryl methyl sites for hydroxylation is 2. The summed E-state index contributed by atoms with van der Waals surface area (Å²) < 4.78 is 6.00. The molecular formula is C50H68Cl2N8O7. The number of carbonyl (C=O) groups excluding carboxylic acids is 6. The zero-order valence-electron chi connectivity index (χ0n) is 39.3. The van der Waals surface area contributed by atoms with Crippen LogP contribution in [0.1, 0.15) is 113 Å². The summed E-state index contributed by atoms with van der Waals surface area (Å²) >= 11 is 0. The van der Waals surface area contributed by atoms with Gasteiger partial charge < -0.3 is 46.4 Å². The van der Waals surface area contributed by atoms with Crippen LogP contribution in [0.25, 0.3) is 0 Å². The maximum atomic E-state index is 14.2. The molecule has 6 amide bonds. The lowest BCUT2D eigenvalue weighted by Crippen LogP contribution is -2.59. The molecule has 2 aliphatic heterocycles. The third-order valence-corrected chi connectivity index (χ3v) is 13.3. The van der Waals surface area contributed by atoms with Gasteiger partial charge in [0.25, 0.3) is 0 Å². The van der Waals surface area contributed by atoms with Crippen molar-refractivity contribution in [1.29, 1.82) is 0 Å². The Morgan fingerprint density at radius 1 is 0.642 bits per heavy atom. The van der Waals surface area contributed by atoms with Gasteiger partial charge in [-0.3, -0.25) is 28.8 Å². The molecule has 9 atom stereocenters. The normalized spacial score (nSPS) is 21.5. The van der Waals surface area contributed by atoms with E-state index in [9.17, 15) is 28.8 Å². The van der Waals surface area contributed by atoms with E-state index in [4.69, 9.17) is 4.74 Å². The van der Waals surface area contributed by atoms with Crippen LogP contribution < -0.4 is 31.9 Å². The number of likely N-dealkylation sites (tertiary alicyclic amines) is 2. The Morgan fingerprint density at radius 3 is 1.64 bits per heavy atom. The molecule has 2 heterocycles. The summed E-state index contributed by atoms with van der Waals surface area (Å²) in [5.74, 6) is 9.25. The number of carbonyl (C=O) groups is 6. The number of likely N-dealkylation sites (N-methyl/N-ethyl adjacent to an activating group) is 2. The topological polar surface area (TPSA) is 190 Å². The fourth-order valence-electron chi connectivity index (χ4n) is 9.29. The van der Waals surface area contributed by atoms with E-state index in [0.29, 0.717) is 38.8 Å². The van der Waals surface area contributed by atoms with Crippen molar-refractivity contribution in [3.8, 4) is 23.7 Å². The summed E-state index contributed by atoms with van der Waals surface area (Å²) in [6, 6.07) is 11.4. The van der Waals surface area contributed by atoms with Crippen LogP contribution in [-0.4, -0.2) is 121 Å². The first-order valence-corrected chi connectivity index (χ1v) is 23.3. The predicted octanol–water partition coefficient (Wildman–Crippen LogP) is 3.19. The number of halogens is 2. The van der Waals surface area contributed by atoms with E-state index in [0.717, 1.165) is 49.7 Å². The Hall–Kier alpha value is -5.16. The van der Waals surface area contributed by atoms with Crippen LogP contribution in [0, 0.1) is 23.7 Å². The van der Waals surface area contributed by atoms with Gasteiger partial charge in [0.2, 0.25) is 35.4 Å². The SMILES string of the molecule is CN[C@@H](C)C(=O)N[C@@H](CC#CC#CCO[C@H](C)[C@H](NC(=O)[C@H](C)NC)C(=O)N1CCC[C@H]1C(=O)NC1CCCc2ccccc21)C(=O)N1CCC[C@H]1C(=O)N[C@H]1CCCc2ccccc21.Cl.Cl. The third kappa shape index (κ3) is 14.0. The van der Waals surface area contributed by atoms with Gasteiger partial charge in [-0.2, -0.15) is 0 Å². The average Bonchev–Trinajstić information content (AvgIpc) is 4.03. The number of ether oxygens (including phenoxy) is 1. The van der Waals surface area contributed by atoms with Crippen molar-refractivity contribution in [2.75, 3.05) is 33.8 Å². The number of amides is 6. The van der Waals surface area contributed by atoms with Gasteiger partial charge in [0.1, 0.15) is 30.8 Å².